The van der Waals surface area contributed by atoms with Crippen LogP contribution in [0.25, 0.3) is 0 Å². The fourth-order valence-electron chi connectivity index (χ4n) is 1.52. The van der Waals surface area contributed by atoms with Crippen molar-refractivity contribution in [2.75, 3.05) is 0 Å². The summed E-state index contributed by atoms with van der Waals surface area (Å²) >= 11 is 9.53. The second-order valence-corrected chi connectivity index (χ2v) is 4.97. The number of nitrogens with zero attached hydrogens (tertiary/aromatic N) is 1. The maximum atomic E-state index is 6.07. The minimum absolute atomic E-state index is 0.318. The van der Waals surface area contributed by atoms with E-state index < -0.39 is 0 Å². The Hall–Kier alpha value is -1.10. The predicted octanol–water partition coefficient (Wildman–Crippen LogP) is 4.06. The largest absolute Gasteiger partial charge is 0.437 e. The molecule has 0 unspecified atom stereocenters. The van der Waals surface area contributed by atoms with E-state index in [0.29, 0.717) is 23.2 Å². The number of benzene rings is 1. The molecule has 2 rings (SSSR count). The lowest BCUT2D eigenvalue weighted by Gasteiger charge is -2.12. The summed E-state index contributed by atoms with van der Waals surface area (Å²) in [6, 6.07) is 7.33. The summed E-state index contributed by atoms with van der Waals surface area (Å²) < 4.78 is 6.60. The Balaban J connectivity index is 2.40. The van der Waals surface area contributed by atoms with Gasteiger partial charge in [0.1, 0.15) is 5.75 Å². The molecule has 2 aromatic rings. The minimum Gasteiger partial charge on any atom is -0.437 e. The summed E-state index contributed by atoms with van der Waals surface area (Å²) in [4.78, 5) is 4.19. The molecule has 0 saturated heterocycles. The second kappa shape index (κ2) is 5.69. The highest BCUT2D eigenvalue weighted by molar-refractivity contribution is 9.10. The zero-order valence-corrected chi connectivity index (χ0v) is 12.1. The Morgan fingerprint density at radius 3 is 2.89 bits per heavy atom. The average molecular weight is 328 g/mol. The summed E-state index contributed by atoms with van der Waals surface area (Å²) in [6.07, 6.45) is 1.70. The van der Waals surface area contributed by atoms with Gasteiger partial charge >= 0.3 is 0 Å². The van der Waals surface area contributed by atoms with Crippen molar-refractivity contribution in [1.82, 2.24) is 4.98 Å². The van der Waals surface area contributed by atoms with E-state index in [9.17, 15) is 0 Å². The van der Waals surface area contributed by atoms with Gasteiger partial charge in [0, 0.05) is 23.3 Å². The number of nitrogens with two attached hydrogens (primary N) is 1. The second-order valence-electron chi connectivity index (χ2n) is 3.77. The van der Waals surface area contributed by atoms with E-state index in [1.807, 2.05) is 25.1 Å². The molecule has 3 nitrogen and oxygen atoms in total. The number of rotatable bonds is 3. The molecule has 5 heteroatoms. The van der Waals surface area contributed by atoms with Crippen molar-refractivity contribution < 1.29 is 4.74 Å². The Bertz CT molecular complexity index is 575. The highest BCUT2D eigenvalue weighted by Gasteiger charge is 2.11. The van der Waals surface area contributed by atoms with Crippen molar-refractivity contribution in [2.45, 2.75) is 13.5 Å². The molecule has 0 saturated carbocycles. The standard InChI is InChI=1S/C13H12BrClN2O/c1-8-5-6-17-13(12(8)14)18-11-4-2-3-10(15)9(11)7-16/h2-6H,7,16H2,1H3. The lowest BCUT2D eigenvalue weighted by molar-refractivity contribution is 0.453. The van der Waals surface area contributed by atoms with Crippen LogP contribution in [0, 0.1) is 6.92 Å². The van der Waals surface area contributed by atoms with Gasteiger partial charge in [-0.15, -0.1) is 0 Å². The minimum atomic E-state index is 0.318. The molecule has 94 valence electrons. The maximum Gasteiger partial charge on any atom is 0.233 e. The maximum absolute atomic E-state index is 6.07. The molecule has 0 amide bonds. The highest BCUT2D eigenvalue weighted by atomic mass is 79.9. The Labute approximate surface area is 119 Å². The first-order valence-corrected chi connectivity index (χ1v) is 6.57. The number of pyridine rings is 1. The summed E-state index contributed by atoms with van der Waals surface area (Å²) in [5, 5.41) is 0.596. The number of aromatic nitrogens is 1. The van der Waals surface area contributed by atoms with Crippen molar-refractivity contribution >= 4 is 27.5 Å². The number of hydrogen-bond acceptors (Lipinski definition) is 3. The normalized spacial score (nSPS) is 10.4. The van der Waals surface area contributed by atoms with Gasteiger partial charge in [0.05, 0.1) is 4.47 Å². The summed E-state index contributed by atoms with van der Waals surface area (Å²) in [5.41, 5.74) is 7.50. The van der Waals surface area contributed by atoms with Crippen LogP contribution in [-0.4, -0.2) is 4.98 Å². The van der Waals surface area contributed by atoms with Crippen LogP contribution in [0.2, 0.25) is 5.02 Å². The first-order valence-electron chi connectivity index (χ1n) is 5.40. The van der Waals surface area contributed by atoms with Gasteiger partial charge in [-0.05, 0) is 46.6 Å². The fraction of sp³-hybridized carbons (Fsp3) is 0.154. The molecular formula is C13H12BrClN2O. The first-order chi connectivity index (χ1) is 8.63. The molecular weight excluding hydrogens is 316 g/mol. The molecule has 0 radical (unpaired) electrons. The topological polar surface area (TPSA) is 48.1 Å². The van der Waals surface area contributed by atoms with Crippen molar-refractivity contribution in [1.29, 1.82) is 0 Å². The SMILES string of the molecule is Cc1ccnc(Oc2cccc(Cl)c2CN)c1Br. The van der Waals surface area contributed by atoms with E-state index in [1.54, 1.807) is 12.3 Å². The molecule has 1 aromatic heterocycles. The van der Waals surface area contributed by atoms with Gasteiger partial charge in [0.15, 0.2) is 0 Å². The third kappa shape index (κ3) is 2.66. The van der Waals surface area contributed by atoms with E-state index >= 15 is 0 Å². The summed E-state index contributed by atoms with van der Waals surface area (Å²) in [6.45, 7) is 2.29. The Kier molecular flexibility index (Phi) is 4.22. The van der Waals surface area contributed by atoms with E-state index in [0.717, 1.165) is 15.6 Å². The van der Waals surface area contributed by atoms with E-state index in [-0.39, 0.29) is 0 Å². The van der Waals surface area contributed by atoms with Crippen LogP contribution < -0.4 is 10.5 Å². The van der Waals surface area contributed by atoms with Crippen LogP contribution >= 0.6 is 27.5 Å². The third-order valence-electron chi connectivity index (χ3n) is 2.54. The molecule has 1 heterocycles. The van der Waals surface area contributed by atoms with Crippen LogP contribution in [0.5, 0.6) is 11.6 Å². The third-order valence-corrected chi connectivity index (χ3v) is 3.86. The van der Waals surface area contributed by atoms with Crippen molar-refractivity contribution in [2.24, 2.45) is 5.73 Å². The number of aryl methyl sites for hydroxylation is 1. The molecule has 0 fully saturated rings. The van der Waals surface area contributed by atoms with Crippen LogP contribution in [0.3, 0.4) is 0 Å². The van der Waals surface area contributed by atoms with Crippen LogP contribution in [0.15, 0.2) is 34.9 Å². The Morgan fingerprint density at radius 2 is 2.17 bits per heavy atom. The first kappa shape index (κ1) is 13.3. The van der Waals surface area contributed by atoms with Gasteiger partial charge in [0.25, 0.3) is 0 Å². The molecule has 2 N–H and O–H groups in total. The van der Waals surface area contributed by atoms with E-state index in [1.165, 1.54) is 0 Å². The van der Waals surface area contributed by atoms with Gasteiger partial charge in [-0.3, -0.25) is 0 Å². The van der Waals surface area contributed by atoms with E-state index in [4.69, 9.17) is 22.1 Å². The zero-order valence-electron chi connectivity index (χ0n) is 9.78. The van der Waals surface area contributed by atoms with Crippen LogP contribution in [0.1, 0.15) is 11.1 Å². The number of hydrogen-bond donors (Lipinski definition) is 1. The van der Waals surface area contributed by atoms with Gasteiger partial charge < -0.3 is 10.5 Å². The zero-order chi connectivity index (χ0) is 13.1. The molecule has 18 heavy (non-hydrogen) atoms. The molecule has 0 spiro atoms. The quantitative estimate of drug-likeness (QED) is 0.925. The lowest BCUT2D eigenvalue weighted by atomic mass is 10.2. The molecule has 0 aliphatic heterocycles. The molecule has 0 aliphatic rings. The molecule has 0 atom stereocenters. The molecule has 1 aromatic carbocycles. The fourth-order valence-corrected chi connectivity index (χ4v) is 2.08. The van der Waals surface area contributed by atoms with Gasteiger partial charge in [-0.2, -0.15) is 0 Å². The monoisotopic (exact) mass is 326 g/mol. The highest BCUT2D eigenvalue weighted by Crippen LogP contribution is 2.33. The number of ether oxygens (including phenoxy) is 1. The van der Waals surface area contributed by atoms with Gasteiger partial charge in [-0.25, -0.2) is 4.98 Å². The van der Waals surface area contributed by atoms with Crippen LogP contribution in [-0.2, 0) is 6.54 Å². The lowest BCUT2D eigenvalue weighted by Crippen LogP contribution is -2.01. The Morgan fingerprint density at radius 1 is 1.39 bits per heavy atom. The van der Waals surface area contributed by atoms with Gasteiger partial charge in [0.2, 0.25) is 5.88 Å². The number of halogens is 2. The van der Waals surface area contributed by atoms with Crippen molar-refractivity contribution in [3.8, 4) is 11.6 Å². The predicted molar refractivity (Wildman–Crippen MR) is 76.1 cm³/mol. The van der Waals surface area contributed by atoms with Crippen molar-refractivity contribution in [3.63, 3.8) is 0 Å². The van der Waals surface area contributed by atoms with Crippen LogP contribution in [0.4, 0.5) is 0 Å². The van der Waals surface area contributed by atoms with E-state index in [2.05, 4.69) is 20.9 Å². The smallest absolute Gasteiger partial charge is 0.233 e. The summed E-state index contributed by atoms with van der Waals surface area (Å²) in [5.74, 6) is 1.13. The van der Waals surface area contributed by atoms with Crippen molar-refractivity contribution in [3.05, 3.63) is 51.1 Å². The average Bonchev–Trinajstić information content (AvgIpc) is 2.35. The molecule has 0 bridgehead atoms. The molecule has 0 aliphatic carbocycles. The summed E-state index contributed by atoms with van der Waals surface area (Å²) in [7, 11) is 0. The van der Waals surface area contributed by atoms with Gasteiger partial charge in [-0.1, -0.05) is 17.7 Å².